The van der Waals surface area contributed by atoms with E-state index in [-0.39, 0.29) is 53.7 Å². The molecule has 11 rings (SSSR count). The van der Waals surface area contributed by atoms with Crippen molar-refractivity contribution in [2.75, 3.05) is 0 Å². The van der Waals surface area contributed by atoms with E-state index in [1.54, 1.807) is 48.5 Å². The molecule has 0 aliphatic carbocycles. The molecule has 0 bridgehead atoms. The van der Waals surface area contributed by atoms with Crippen molar-refractivity contribution in [3.8, 4) is 45.3 Å². The topological polar surface area (TPSA) is 48.8 Å². The summed E-state index contributed by atoms with van der Waals surface area (Å²) in [4.78, 5) is 9.87. The number of benzene rings is 8. The molecule has 3 aromatic heterocycles. The number of para-hydroxylation sites is 7. The molecule has 1 unspecified atom stereocenters. The van der Waals surface area contributed by atoms with Gasteiger partial charge < -0.3 is 13.6 Å². The SMILES string of the molecule is CC(C)c1cccc(C(C)C)c1-n1c(-c2[c-]ccc3c2oc2ccccc23)nc2ccccc21.[2H]C([2H])C([2H])(c1cccc(C([2H])(C([2H])([2H])[2H])C([2H])([2H])[2H])c1-n1c(-c2[c-]cc(C([2H])([2H])[2H])c(-c3ccccc3)c2)nc2ccccc21)C([2H])([2H])[2H].[Ir]. The van der Waals surface area contributed by atoms with E-state index >= 15 is 0 Å². The summed E-state index contributed by atoms with van der Waals surface area (Å²) < 4.78 is 144. The molecule has 1 atom stereocenters. The molecule has 3 heterocycles. The maximum atomic E-state index is 9.17. The molecule has 69 heavy (non-hydrogen) atoms. The molecule has 0 aliphatic heterocycles. The number of hydrogen-bond donors (Lipinski definition) is 0. The molecule has 0 amide bonds. The number of furan rings is 1. The molecule has 0 fully saturated rings. The second kappa shape index (κ2) is 19.6. The Morgan fingerprint density at radius 1 is 0.580 bits per heavy atom. The smallest absolute Gasteiger partial charge is 0.120 e. The first kappa shape index (κ1) is 31.3. The Morgan fingerprint density at radius 3 is 1.81 bits per heavy atom. The van der Waals surface area contributed by atoms with E-state index in [1.165, 1.54) is 39.6 Å². The average molecular weight is 1100 g/mol. The molecule has 8 aromatic carbocycles. The van der Waals surface area contributed by atoms with Crippen LogP contribution in [0.3, 0.4) is 0 Å². The summed E-state index contributed by atoms with van der Waals surface area (Å²) in [5, 5.41) is 2.20. The van der Waals surface area contributed by atoms with Crippen molar-refractivity contribution < 1.29 is 46.5 Å². The first-order valence-electron chi connectivity index (χ1n) is 30.7. The third-order valence-corrected chi connectivity index (χ3v) is 12.3. The summed E-state index contributed by atoms with van der Waals surface area (Å²) >= 11 is 0. The summed E-state index contributed by atoms with van der Waals surface area (Å²) in [6.45, 7) is -6.46. The Labute approximate surface area is 442 Å². The number of fused-ring (bicyclic) bond motifs is 5. The maximum absolute atomic E-state index is 9.17. The maximum Gasteiger partial charge on any atom is 0.120 e. The second-order valence-electron chi connectivity index (χ2n) is 17.3. The van der Waals surface area contributed by atoms with Crippen LogP contribution in [0.25, 0.3) is 89.3 Å². The van der Waals surface area contributed by atoms with Crippen LogP contribution in [0.1, 0.15) is 128 Å². The summed E-state index contributed by atoms with van der Waals surface area (Å²) in [5.41, 5.74) is 7.89. The monoisotopic (exact) mass is 1100 g/mol. The molecule has 0 saturated heterocycles. The number of imidazole rings is 2. The largest absolute Gasteiger partial charge is 0.501 e. The zero-order chi connectivity index (χ0) is 60.6. The molecular formula is C63H58IrN4O-2. The normalized spacial score (nSPS) is 16.9. The fraction of sp³-hybridized carbons (Fsp3) is 0.206. The van der Waals surface area contributed by atoms with Crippen LogP contribution in [-0.4, -0.2) is 19.1 Å². The first-order chi connectivity index (χ1) is 39.5. The van der Waals surface area contributed by atoms with Gasteiger partial charge in [-0.1, -0.05) is 188 Å². The van der Waals surface area contributed by atoms with Crippen LogP contribution in [0, 0.1) is 19.0 Å². The predicted molar refractivity (Wildman–Crippen MR) is 284 cm³/mol. The number of aryl methyl sites for hydroxylation is 1. The van der Waals surface area contributed by atoms with Gasteiger partial charge in [-0.3, -0.25) is 9.97 Å². The van der Waals surface area contributed by atoms with E-state index in [2.05, 4.69) is 99.0 Å². The fourth-order valence-electron chi connectivity index (χ4n) is 9.16. The van der Waals surface area contributed by atoms with Crippen molar-refractivity contribution in [3.05, 3.63) is 204 Å². The molecule has 347 valence electrons. The number of aromatic nitrogens is 4. The molecule has 11 aromatic rings. The molecule has 0 spiro atoms. The van der Waals surface area contributed by atoms with Crippen LogP contribution in [0.15, 0.2) is 168 Å². The van der Waals surface area contributed by atoms with E-state index in [0.717, 1.165) is 62.6 Å². The Balaban J connectivity index is 0.000000215. The van der Waals surface area contributed by atoms with Crippen molar-refractivity contribution in [1.82, 2.24) is 19.1 Å². The van der Waals surface area contributed by atoms with E-state index in [1.807, 2.05) is 24.3 Å². The second-order valence-corrected chi connectivity index (χ2v) is 17.3. The summed E-state index contributed by atoms with van der Waals surface area (Å²) in [6.07, 6.45) is 0. The number of hydrogen-bond acceptors (Lipinski definition) is 3. The van der Waals surface area contributed by atoms with Gasteiger partial charge in [0.25, 0.3) is 0 Å². The zero-order valence-corrected chi connectivity index (χ0v) is 40.7. The number of rotatable bonds is 9. The van der Waals surface area contributed by atoms with Gasteiger partial charge in [-0.25, -0.2) is 0 Å². The quantitative estimate of drug-likeness (QED) is 0.135. The first-order valence-corrected chi connectivity index (χ1v) is 22.5. The Morgan fingerprint density at radius 2 is 1.16 bits per heavy atom. The molecular weight excluding hydrogens is 1020 g/mol. The average Bonchev–Trinajstić information content (AvgIpc) is 1.89. The van der Waals surface area contributed by atoms with Gasteiger partial charge in [0, 0.05) is 58.8 Å². The Bertz CT molecular complexity index is 4210. The molecule has 0 aliphatic rings. The fourth-order valence-corrected chi connectivity index (χ4v) is 9.16. The van der Waals surface area contributed by atoms with Crippen molar-refractivity contribution in [1.29, 1.82) is 0 Å². The van der Waals surface area contributed by atoms with Gasteiger partial charge in [0.1, 0.15) is 5.58 Å². The third-order valence-electron chi connectivity index (χ3n) is 12.3. The van der Waals surface area contributed by atoms with Crippen molar-refractivity contribution in [2.24, 2.45) is 0 Å². The number of nitrogens with zero attached hydrogens (tertiary/aromatic N) is 4. The third kappa shape index (κ3) is 8.66. The van der Waals surface area contributed by atoms with Crippen LogP contribution in [-0.2, 0) is 20.1 Å². The predicted octanol–water partition coefficient (Wildman–Crippen LogP) is 17.4. The van der Waals surface area contributed by atoms with Crippen molar-refractivity contribution >= 4 is 44.0 Å². The van der Waals surface area contributed by atoms with E-state index in [9.17, 15) is 1.37 Å². The Kier molecular flexibility index (Phi) is 8.91. The van der Waals surface area contributed by atoms with Crippen LogP contribution in [0.2, 0.25) is 0 Å². The summed E-state index contributed by atoms with van der Waals surface area (Å²) in [6, 6.07) is 54.6. The minimum atomic E-state index is -3.55. The van der Waals surface area contributed by atoms with E-state index in [4.69, 9.17) is 34.9 Å². The van der Waals surface area contributed by atoms with Gasteiger partial charge in [-0.2, -0.15) is 0 Å². The van der Waals surface area contributed by atoms with E-state index in [0.29, 0.717) is 17.4 Å². The standard InChI is InChI=1S/C32H31N2.C31H27N2O.Ir/c1-21(2)26-14-11-15-27(22(3)4)31(26)34-30-17-10-9-16-29(30)33-32(34)25-19-18-23(5)28(20-25)24-12-7-6-8-13-24;1-19(2)21-12-9-13-22(20(3)4)29(21)33-27-17-7-6-16-26(27)32-31(33)25-15-10-14-24-23-11-5-8-18-28(23)34-30(24)25;/h6-18,20-22H,1-5H3;5-14,16-20H,1-4H3;/q2*-1;/i1D2,2D3,3D3,4D3,5D3,21D,22D;;. The van der Waals surface area contributed by atoms with Crippen LogP contribution in [0.4, 0.5) is 0 Å². The van der Waals surface area contributed by atoms with Gasteiger partial charge in [-0.15, -0.1) is 47.5 Å². The molecule has 6 heteroatoms. The van der Waals surface area contributed by atoms with E-state index < -0.39 is 62.9 Å². The molecule has 0 N–H and O–H groups in total. The summed E-state index contributed by atoms with van der Waals surface area (Å²) in [7, 11) is 0. The summed E-state index contributed by atoms with van der Waals surface area (Å²) in [5.74, 6) is -5.02. The van der Waals surface area contributed by atoms with Crippen LogP contribution in [0.5, 0.6) is 0 Å². The van der Waals surface area contributed by atoms with Crippen molar-refractivity contribution in [3.63, 3.8) is 0 Å². The van der Waals surface area contributed by atoms with Gasteiger partial charge in [0.2, 0.25) is 0 Å². The van der Waals surface area contributed by atoms with Crippen LogP contribution >= 0.6 is 0 Å². The molecule has 5 nitrogen and oxygen atoms in total. The van der Waals surface area contributed by atoms with Crippen molar-refractivity contribution in [2.45, 2.75) is 85.6 Å². The van der Waals surface area contributed by atoms with Crippen LogP contribution < -0.4 is 0 Å². The Hall–Kier alpha value is -6.85. The van der Waals surface area contributed by atoms with Gasteiger partial charge >= 0.3 is 0 Å². The van der Waals surface area contributed by atoms with Gasteiger partial charge in [0.15, 0.2) is 0 Å². The zero-order valence-electron chi connectivity index (χ0n) is 54.4. The molecule has 1 radical (unpaired) electrons. The van der Waals surface area contributed by atoms with Gasteiger partial charge in [0.05, 0.1) is 39.3 Å². The van der Waals surface area contributed by atoms with Gasteiger partial charge in [-0.05, 0) is 81.8 Å². The minimum Gasteiger partial charge on any atom is -0.501 e. The molecule has 0 saturated carbocycles. The minimum absolute atomic E-state index is 0.